The number of carbonyl (C=O) groups excluding carboxylic acids is 4. The van der Waals surface area contributed by atoms with Crippen molar-refractivity contribution in [2.45, 2.75) is 209 Å². The number of hydrogen-bond acceptors (Lipinski definition) is 6. The van der Waals surface area contributed by atoms with E-state index in [0.717, 1.165) is 51.9 Å². The van der Waals surface area contributed by atoms with Crippen molar-refractivity contribution in [3.63, 3.8) is 0 Å². The Morgan fingerprint density at radius 2 is 1.12 bits per heavy atom. The molecule has 0 aromatic heterocycles. The highest BCUT2D eigenvalue weighted by Crippen LogP contribution is 2.42. The highest BCUT2D eigenvalue weighted by Gasteiger charge is 2.54. The Kier molecular flexibility index (Phi) is 30.1. The van der Waals surface area contributed by atoms with Crippen molar-refractivity contribution in [3.05, 3.63) is 0 Å². The van der Waals surface area contributed by atoms with E-state index in [2.05, 4.69) is 0 Å². The highest BCUT2D eigenvalue weighted by atomic mass is 19.3. The lowest BCUT2D eigenvalue weighted by Crippen LogP contribution is -2.63. The summed E-state index contributed by atoms with van der Waals surface area (Å²) in [7, 11) is 0. The molecule has 1 saturated heterocycles. The van der Waals surface area contributed by atoms with Crippen LogP contribution >= 0.6 is 0 Å². The zero-order valence-corrected chi connectivity index (χ0v) is 28.6. The van der Waals surface area contributed by atoms with Crippen molar-refractivity contribution in [1.82, 2.24) is 4.90 Å². The van der Waals surface area contributed by atoms with Crippen LogP contribution in [-0.2, 0) is 28.7 Å². The summed E-state index contributed by atoms with van der Waals surface area (Å²) in [6, 6.07) is 0.232. The van der Waals surface area contributed by atoms with E-state index < -0.39 is 23.7 Å². The first-order valence-corrected chi connectivity index (χ1v) is 16.4. The predicted molar refractivity (Wildman–Crippen MR) is 205 cm³/mol. The van der Waals surface area contributed by atoms with Gasteiger partial charge in [0.25, 0.3) is 0 Å². The fraction of sp³-hybridized carbons (Fsp3) is 0.900. The van der Waals surface area contributed by atoms with Gasteiger partial charge in [0.2, 0.25) is 17.7 Å². The zero-order chi connectivity index (χ0) is 33.2. The number of halogens is 2. The van der Waals surface area contributed by atoms with E-state index in [1.54, 1.807) is 13.8 Å². The molecule has 3 fully saturated rings. The molecule has 3 rings (SSSR count). The van der Waals surface area contributed by atoms with E-state index in [1.165, 1.54) is 24.2 Å². The summed E-state index contributed by atoms with van der Waals surface area (Å²) in [6.07, 6.45) is 11.0. The first-order valence-electron chi connectivity index (χ1n) is 16.4. The van der Waals surface area contributed by atoms with E-state index in [-0.39, 0.29) is 97.8 Å². The van der Waals surface area contributed by atoms with Crippen LogP contribution in [-0.4, -0.2) is 53.3 Å². The summed E-state index contributed by atoms with van der Waals surface area (Å²) in [6.45, 7) is 17.7. The smallest absolute Gasteiger partial charge is 0.311 e. The molecule has 1 heterocycles. The largest absolute Gasteiger partial charge is 0.465 e. The Hall–Kier alpha value is -2.06. The number of esters is 2. The zero-order valence-electron chi connectivity index (χ0n) is 28.6. The van der Waals surface area contributed by atoms with Gasteiger partial charge in [0, 0.05) is 11.8 Å². The lowest BCUT2D eigenvalue weighted by atomic mass is 9.82. The van der Waals surface area contributed by atoms with Crippen molar-refractivity contribution in [3.8, 4) is 0 Å². The molecule has 0 N–H and O–H groups in total. The third-order valence-corrected chi connectivity index (χ3v) is 9.52. The first-order chi connectivity index (χ1) is 19.7. The number of likely N-dealkylation sites (tertiary alicyclic amines) is 1. The summed E-state index contributed by atoms with van der Waals surface area (Å²) in [5.41, 5.74) is -1.27. The Morgan fingerprint density at radius 1 is 0.673 bits per heavy atom. The predicted octanol–water partition coefficient (Wildman–Crippen LogP) is 12.1. The van der Waals surface area contributed by atoms with Gasteiger partial charge in [-0.1, -0.05) is 92.0 Å². The van der Waals surface area contributed by atoms with Gasteiger partial charge in [0.05, 0.1) is 29.4 Å². The number of hydrogen-bond donors (Lipinski definition) is 0. The fourth-order valence-corrected chi connectivity index (χ4v) is 4.83. The highest BCUT2D eigenvalue weighted by molar-refractivity contribution is 6.04. The third kappa shape index (κ3) is 18.1. The van der Waals surface area contributed by atoms with Gasteiger partial charge in [0.1, 0.15) is 6.10 Å². The maximum Gasteiger partial charge on any atom is 0.311 e. The average molecular weight is 712 g/mol. The topological polar surface area (TPSA) is 90.0 Å². The molecule has 0 spiro atoms. The Bertz CT molecular complexity index is 936. The Labute approximate surface area is 303 Å². The molecule has 0 aromatic rings. The number of fused-ring (bicyclic) bond motifs is 1. The molecule has 2 saturated carbocycles. The Balaban J connectivity index is -0.000000134. The van der Waals surface area contributed by atoms with E-state index in [4.69, 9.17) is 9.47 Å². The molecular formula is C40H83F2NO6. The number of amides is 2. The van der Waals surface area contributed by atoms with Crippen molar-refractivity contribution < 1.29 is 37.4 Å². The molecule has 0 aromatic carbocycles. The minimum atomic E-state index is -2.77. The van der Waals surface area contributed by atoms with Gasteiger partial charge in [-0.2, -0.15) is 0 Å². The molecule has 1 aliphatic heterocycles. The maximum atomic E-state index is 12.4. The van der Waals surface area contributed by atoms with Crippen LogP contribution in [0.3, 0.4) is 0 Å². The van der Waals surface area contributed by atoms with Crippen molar-refractivity contribution in [2.75, 3.05) is 6.61 Å². The minimum Gasteiger partial charge on any atom is -0.465 e. The average Bonchev–Trinajstić information content (AvgIpc) is 3.37. The molecule has 2 amide bonds. The van der Waals surface area contributed by atoms with Crippen LogP contribution in [0.4, 0.5) is 8.78 Å². The molecule has 3 aliphatic rings. The molecule has 2 aliphatic carbocycles. The van der Waals surface area contributed by atoms with Crippen molar-refractivity contribution in [2.24, 2.45) is 22.2 Å². The number of alkyl halides is 2. The van der Waals surface area contributed by atoms with Gasteiger partial charge < -0.3 is 9.47 Å². The summed E-state index contributed by atoms with van der Waals surface area (Å²) in [5, 5.41) is 0. The van der Waals surface area contributed by atoms with Gasteiger partial charge >= 0.3 is 11.9 Å². The quantitative estimate of drug-likeness (QED) is 0.165. The summed E-state index contributed by atoms with van der Waals surface area (Å²) in [4.78, 5) is 48.5. The number of nitrogens with zero attached hydrogens (tertiary/aromatic N) is 1. The first kappa shape index (κ1) is 59.1. The third-order valence-electron chi connectivity index (χ3n) is 9.52. The summed E-state index contributed by atoms with van der Waals surface area (Å²) in [5.74, 6) is -2.93. The maximum absolute atomic E-state index is 12.4. The van der Waals surface area contributed by atoms with Crippen LogP contribution in [0.15, 0.2) is 0 Å². The number of β-lactam (4-membered cyclic amide) rings is 1. The molecule has 0 bridgehead atoms. The molecular weight excluding hydrogens is 628 g/mol. The van der Waals surface area contributed by atoms with Gasteiger partial charge in [0.15, 0.2) is 0 Å². The SMILES string of the molecule is C.C.C.C.C.C.CCC(C)(C)C(=O)N1C(=O)C2CCCC21.CCC(C)(C)C(=O)OC1CCCCC1.CCC(C)(C)C(=O)OCCC(C)(F)F. The molecule has 298 valence electrons. The van der Waals surface area contributed by atoms with E-state index in [9.17, 15) is 28.0 Å². The van der Waals surface area contributed by atoms with Gasteiger partial charge in [-0.25, -0.2) is 8.78 Å². The van der Waals surface area contributed by atoms with Crippen LogP contribution in [0.2, 0.25) is 0 Å². The normalized spacial score (nSPS) is 18.4. The number of carbonyl (C=O) groups is 4. The van der Waals surface area contributed by atoms with Crippen molar-refractivity contribution >= 4 is 23.8 Å². The molecule has 2 unspecified atom stereocenters. The number of rotatable bonds is 10. The van der Waals surface area contributed by atoms with Crippen LogP contribution in [0.5, 0.6) is 0 Å². The molecule has 2 atom stereocenters. The molecule has 9 heteroatoms. The fourth-order valence-electron chi connectivity index (χ4n) is 4.83. The van der Waals surface area contributed by atoms with Crippen LogP contribution in [0.1, 0.15) is 191 Å². The lowest BCUT2D eigenvalue weighted by Gasteiger charge is -2.45. The monoisotopic (exact) mass is 712 g/mol. The van der Waals surface area contributed by atoms with E-state index in [1.807, 2.05) is 48.5 Å². The standard InChI is InChI=1S/C12H19NO2.C12H22O2.C10H18F2O2.6CH4/c1-4-12(2,3)11(15)13-9-7-5-6-8(9)10(13)14;1-4-12(2,3)11(13)14-10-8-6-5-7-9-10;1-5-9(2,3)8(13)14-7-6-10(4,11)12;;;;;;/h8-9H,4-7H2,1-3H3;10H,4-9H2,1-3H3;5-7H2,1-4H3;6*1H4. The Morgan fingerprint density at radius 3 is 1.55 bits per heavy atom. The van der Waals surface area contributed by atoms with Crippen LogP contribution < -0.4 is 0 Å². The van der Waals surface area contributed by atoms with Gasteiger partial charge in [-0.05, 0) is 92.4 Å². The summed E-state index contributed by atoms with van der Waals surface area (Å²) < 4.78 is 35.0. The van der Waals surface area contributed by atoms with Crippen LogP contribution in [0, 0.1) is 22.2 Å². The second-order valence-corrected chi connectivity index (χ2v) is 14.5. The van der Waals surface area contributed by atoms with E-state index >= 15 is 0 Å². The lowest BCUT2D eigenvalue weighted by molar-refractivity contribution is -0.169. The molecule has 49 heavy (non-hydrogen) atoms. The van der Waals surface area contributed by atoms with E-state index in [0.29, 0.717) is 6.42 Å². The van der Waals surface area contributed by atoms with Crippen LogP contribution in [0.25, 0.3) is 0 Å². The van der Waals surface area contributed by atoms with Crippen molar-refractivity contribution in [1.29, 1.82) is 0 Å². The van der Waals surface area contributed by atoms with Gasteiger partial charge in [-0.15, -0.1) is 0 Å². The minimum absolute atomic E-state index is 0. The van der Waals surface area contributed by atoms with Gasteiger partial charge in [-0.3, -0.25) is 24.1 Å². The second kappa shape index (κ2) is 25.0. The second-order valence-electron chi connectivity index (χ2n) is 14.5. The molecule has 0 radical (unpaired) electrons. The number of imide groups is 1. The molecule has 7 nitrogen and oxygen atoms in total. The summed E-state index contributed by atoms with van der Waals surface area (Å²) >= 11 is 0. The number of ether oxygens (including phenoxy) is 2.